The molecule has 3 aromatic carbocycles. The number of amides is 1. The zero-order chi connectivity index (χ0) is 23.8. The Balaban J connectivity index is 1.78. The van der Waals surface area contributed by atoms with Crippen molar-refractivity contribution in [1.29, 1.82) is 0 Å². The number of aromatic hydroxyl groups is 1. The Bertz CT molecular complexity index is 1090. The SMILES string of the molecule is CCCCC(=O)N(Cc1ccc(OC)cc1)Cc1ccc(-c2ccc(O)c(C(=O)O)c2)cc1. The Labute approximate surface area is 194 Å². The molecule has 2 N–H and O–H groups in total. The molecule has 0 bridgehead atoms. The lowest BCUT2D eigenvalue weighted by Gasteiger charge is -2.23. The van der Waals surface area contributed by atoms with Crippen molar-refractivity contribution < 1.29 is 24.5 Å². The maximum absolute atomic E-state index is 12.9. The zero-order valence-electron chi connectivity index (χ0n) is 19.0. The number of hydrogen-bond donors (Lipinski definition) is 2. The van der Waals surface area contributed by atoms with E-state index in [9.17, 15) is 19.8 Å². The number of carboxylic acid groups (broad SMARTS) is 1. The number of benzene rings is 3. The van der Waals surface area contributed by atoms with Crippen molar-refractivity contribution >= 4 is 11.9 Å². The fraction of sp³-hybridized carbons (Fsp3) is 0.259. The van der Waals surface area contributed by atoms with Crippen LogP contribution in [0.1, 0.15) is 47.7 Å². The molecule has 0 fully saturated rings. The van der Waals surface area contributed by atoms with E-state index >= 15 is 0 Å². The Morgan fingerprint density at radius 2 is 1.45 bits per heavy atom. The highest BCUT2D eigenvalue weighted by molar-refractivity contribution is 5.92. The first kappa shape index (κ1) is 23.9. The normalized spacial score (nSPS) is 10.6. The minimum atomic E-state index is -1.18. The van der Waals surface area contributed by atoms with Gasteiger partial charge in [-0.3, -0.25) is 4.79 Å². The first-order valence-corrected chi connectivity index (χ1v) is 11.0. The second-order valence-electron chi connectivity index (χ2n) is 7.94. The van der Waals surface area contributed by atoms with Crippen LogP contribution in [-0.4, -0.2) is 34.1 Å². The van der Waals surface area contributed by atoms with E-state index < -0.39 is 5.97 Å². The van der Waals surface area contributed by atoms with Crippen LogP contribution in [0.25, 0.3) is 11.1 Å². The Hall–Kier alpha value is -3.80. The number of aromatic carboxylic acids is 1. The second-order valence-corrected chi connectivity index (χ2v) is 7.94. The molecule has 0 aliphatic carbocycles. The van der Waals surface area contributed by atoms with E-state index in [1.165, 1.54) is 12.1 Å². The van der Waals surface area contributed by atoms with E-state index in [0.717, 1.165) is 35.3 Å². The standard InChI is InChI=1S/C27H29NO5/c1-3-4-5-26(30)28(18-20-8-13-23(33-2)14-9-20)17-19-6-10-21(11-7-19)22-12-15-25(29)24(16-22)27(31)32/h6-16,29H,3-5,17-18H2,1-2H3,(H,31,32). The third-order valence-corrected chi connectivity index (χ3v) is 5.52. The molecule has 0 aliphatic rings. The molecule has 3 rings (SSSR count). The molecule has 0 saturated heterocycles. The molecule has 0 radical (unpaired) electrons. The lowest BCUT2D eigenvalue weighted by Crippen LogP contribution is -2.29. The minimum Gasteiger partial charge on any atom is -0.507 e. The van der Waals surface area contributed by atoms with Gasteiger partial charge >= 0.3 is 5.97 Å². The highest BCUT2D eigenvalue weighted by atomic mass is 16.5. The van der Waals surface area contributed by atoms with Crippen molar-refractivity contribution in [1.82, 2.24) is 4.90 Å². The number of hydrogen-bond acceptors (Lipinski definition) is 4. The largest absolute Gasteiger partial charge is 0.507 e. The summed E-state index contributed by atoms with van der Waals surface area (Å²) in [6.07, 6.45) is 2.32. The Morgan fingerprint density at radius 1 is 0.879 bits per heavy atom. The van der Waals surface area contributed by atoms with Gasteiger partial charge in [0.05, 0.1) is 7.11 Å². The summed E-state index contributed by atoms with van der Waals surface area (Å²) in [5.74, 6) is -0.548. The predicted octanol–water partition coefficient (Wildman–Crippen LogP) is 5.49. The Morgan fingerprint density at radius 3 is 2.00 bits per heavy atom. The molecule has 33 heavy (non-hydrogen) atoms. The number of carbonyl (C=O) groups excluding carboxylic acids is 1. The van der Waals surface area contributed by atoms with Gasteiger partial charge in [0.1, 0.15) is 17.1 Å². The number of nitrogens with zero attached hydrogens (tertiary/aromatic N) is 1. The van der Waals surface area contributed by atoms with Gasteiger partial charge in [-0.15, -0.1) is 0 Å². The molecule has 3 aromatic rings. The molecule has 0 spiro atoms. The summed E-state index contributed by atoms with van der Waals surface area (Å²) in [6, 6.07) is 19.9. The zero-order valence-corrected chi connectivity index (χ0v) is 19.0. The van der Waals surface area contributed by atoms with E-state index in [1.54, 1.807) is 13.2 Å². The number of carbonyl (C=O) groups is 2. The molecule has 0 heterocycles. The van der Waals surface area contributed by atoms with Crippen LogP contribution in [0.4, 0.5) is 0 Å². The van der Waals surface area contributed by atoms with Crippen LogP contribution in [0.2, 0.25) is 0 Å². The van der Waals surface area contributed by atoms with Gasteiger partial charge in [0.15, 0.2) is 0 Å². The quantitative estimate of drug-likeness (QED) is 0.429. The molecule has 0 aromatic heterocycles. The topological polar surface area (TPSA) is 87.1 Å². The maximum atomic E-state index is 12.9. The second kappa shape index (κ2) is 11.2. The fourth-order valence-corrected chi connectivity index (χ4v) is 3.58. The van der Waals surface area contributed by atoms with E-state index in [0.29, 0.717) is 25.1 Å². The Kier molecular flexibility index (Phi) is 8.08. The van der Waals surface area contributed by atoms with Crippen LogP contribution in [0, 0.1) is 0 Å². The van der Waals surface area contributed by atoms with Gasteiger partial charge in [0, 0.05) is 19.5 Å². The summed E-state index contributed by atoms with van der Waals surface area (Å²) in [7, 11) is 1.62. The smallest absolute Gasteiger partial charge is 0.339 e. The van der Waals surface area contributed by atoms with Gasteiger partial charge in [-0.2, -0.15) is 0 Å². The molecule has 0 atom stereocenters. The first-order valence-electron chi connectivity index (χ1n) is 11.0. The highest BCUT2D eigenvalue weighted by Crippen LogP contribution is 2.27. The van der Waals surface area contributed by atoms with E-state index in [2.05, 4.69) is 6.92 Å². The first-order chi connectivity index (χ1) is 15.9. The van der Waals surface area contributed by atoms with Crippen LogP contribution >= 0.6 is 0 Å². The van der Waals surface area contributed by atoms with Crippen molar-refractivity contribution in [3.8, 4) is 22.6 Å². The van der Waals surface area contributed by atoms with Crippen LogP contribution in [0.15, 0.2) is 66.7 Å². The average molecular weight is 448 g/mol. The number of methoxy groups -OCH3 is 1. The minimum absolute atomic E-state index is 0.112. The number of unbranched alkanes of at least 4 members (excludes halogenated alkanes) is 1. The number of ether oxygens (including phenoxy) is 1. The third kappa shape index (κ3) is 6.35. The molecule has 6 heteroatoms. The van der Waals surface area contributed by atoms with Crippen LogP contribution in [0.5, 0.6) is 11.5 Å². The van der Waals surface area contributed by atoms with E-state index in [1.807, 2.05) is 53.4 Å². The van der Waals surface area contributed by atoms with Crippen LogP contribution in [-0.2, 0) is 17.9 Å². The summed E-state index contributed by atoms with van der Waals surface area (Å²) in [5.41, 5.74) is 3.41. The summed E-state index contributed by atoms with van der Waals surface area (Å²) >= 11 is 0. The summed E-state index contributed by atoms with van der Waals surface area (Å²) in [4.78, 5) is 26.0. The van der Waals surface area contributed by atoms with Crippen molar-refractivity contribution in [3.05, 3.63) is 83.4 Å². The lowest BCUT2D eigenvalue weighted by atomic mass is 10.0. The molecule has 6 nitrogen and oxygen atoms in total. The van der Waals surface area contributed by atoms with E-state index in [4.69, 9.17) is 4.74 Å². The number of carboxylic acids is 1. The van der Waals surface area contributed by atoms with Crippen molar-refractivity contribution in [2.75, 3.05) is 7.11 Å². The molecule has 0 aliphatic heterocycles. The van der Waals surface area contributed by atoms with Gasteiger partial charge in [0.2, 0.25) is 5.91 Å². The number of rotatable bonds is 10. The average Bonchev–Trinajstić information content (AvgIpc) is 2.83. The molecule has 1 amide bonds. The van der Waals surface area contributed by atoms with Crippen molar-refractivity contribution in [3.63, 3.8) is 0 Å². The number of phenols is 1. The molecular weight excluding hydrogens is 418 g/mol. The van der Waals surface area contributed by atoms with Crippen molar-refractivity contribution in [2.24, 2.45) is 0 Å². The monoisotopic (exact) mass is 447 g/mol. The molecular formula is C27H29NO5. The van der Waals surface area contributed by atoms with Gasteiger partial charge in [0.25, 0.3) is 0 Å². The highest BCUT2D eigenvalue weighted by Gasteiger charge is 2.15. The molecule has 0 unspecified atom stereocenters. The van der Waals surface area contributed by atoms with Gasteiger partial charge in [-0.25, -0.2) is 4.79 Å². The molecule has 0 saturated carbocycles. The van der Waals surface area contributed by atoms with E-state index in [-0.39, 0.29) is 17.2 Å². The summed E-state index contributed by atoms with van der Waals surface area (Å²) < 4.78 is 5.22. The van der Waals surface area contributed by atoms with Crippen LogP contribution in [0.3, 0.4) is 0 Å². The summed E-state index contributed by atoms with van der Waals surface area (Å²) in [6.45, 7) is 3.05. The van der Waals surface area contributed by atoms with Crippen LogP contribution < -0.4 is 4.74 Å². The summed E-state index contributed by atoms with van der Waals surface area (Å²) in [5, 5.41) is 19.0. The van der Waals surface area contributed by atoms with Gasteiger partial charge in [-0.1, -0.05) is 55.8 Å². The van der Waals surface area contributed by atoms with Gasteiger partial charge in [-0.05, 0) is 52.9 Å². The van der Waals surface area contributed by atoms with Crippen molar-refractivity contribution in [2.45, 2.75) is 39.3 Å². The molecule has 172 valence electrons. The third-order valence-electron chi connectivity index (χ3n) is 5.52. The predicted molar refractivity (Wildman–Crippen MR) is 127 cm³/mol. The van der Waals surface area contributed by atoms with Gasteiger partial charge < -0.3 is 19.8 Å². The fourth-order valence-electron chi connectivity index (χ4n) is 3.58. The maximum Gasteiger partial charge on any atom is 0.339 e. The lowest BCUT2D eigenvalue weighted by molar-refractivity contribution is -0.132.